The first kappa shape index (κ1) is 12.2. The van der Waals surface area contributed by atoms with Crippen molar-refractivity contribution in [2.75, 3.05) is 0 Å². The summed E-state index contributed by atoms with van der Waals surface area (Å²) in [6, 6.07) is 6.29. The van der Waals surface area contributed by atoms with E-state index in [0.29, 0.717) is 12.0 Å². The first-order chi connectivity index (χ1) is 7.56. The number of hydrogen-bond donors (Lipinski definition) is 0. The minimum absolute atomic E-state index is 0.0180. The van der Waals surface area contributed by atoms with Gasteiger partial charge in [-0.2, -0.15) is 0 Å². The van der Waals surface area contributed by atoms with Crippen molar-refractivity contribution in [3.63, 3.8) is 0 Å². The largest absolute Gasteiger partial charge is 0.457 e. The average molecular weight is 223 g/mol. The van der Waals surface area contributed by atoms with E-state index in [0.717, 1.165) is 0 Å². The summed E-state index contributed by atoms with van der Waals surface area (Å²) in [6.07, 6.45) is -0.0520. The zero-order valence-corrected chi connectivity index (χ0v) is 9.17. The summed E-state index contributed by atoms with van der Waals surface area (Å²) in [5, 5.41) is 10.8. The smallest absolute Gasteiger partial charge is 0.303 e. The highest BCUT2D eigenvalue weighted by molar-refractivity contribution is 5.66. The molecule has 0 aliphatic carbocycles. The predicted molar refractivity (Wildman–Crippen MR) is 57.9 cm³/mol. The van der Waals surface area contributed by atoms with Crippen LogP contribution in [0.5, 0.6) is 0 Å². The number of nitro groups is 1. The third kappa shape index (κ3) is 2.79. The molecular weight excluding hydrogens is 210 g/mol. The summed E-state index contributed by atoms with van der Waals surface area (Å²) < 4.78 is 5.03. The van der Waals surface area contributed by atoms with Crippen LogP contribution in [-0.4, -0.2) is 10.9 Å². The van der Waals surface area contributed by atoms with Gasteiger partial charge in [-0.15, -0.1) is 0 Å². The van der Waals surface area contributed by atoms with Gasteiger partial charge in [0.2, 0.25) is 0 Å². The van der Waals surface area contributed by atoms with Gasteiger partial charge in [0.25, 0.3) is 5.69 Å². The van der Waals surface area contributed by atoms with E-state index in [-0.39, 0.29) is 5.69 Å². The maximum atomic E-state index is 10.9. The van der Waals surface area contributed by atoms with E-state index in [2.05, 4.69) is 0 Å². The Morgan fingerprint density at radius 2 is 2.12 bits per heavy atom. The number of hydrogen-bond acceptors (Lipinski definition) is 4. The quantitative estimate of drug-likeness (QED) is 0.447. The number of esters is 1. The van der Waals surface area contributed by atoms with Crippen molar-refractivity contribution in [1.29, 1.82) is 0 Å². The van der Waals surface area contributed by atoms with Crippen LogP contribution >= 0.6 is 0 Å². The minimum atomic E-state index is -0.556. The highest BCUT2D eigenvalue weighted by Gasteiger charge is 2.22. The summed E-state index contributed by atoms with van der Waals surface area (Å²) in [4.78, 5) is 21.2. The number of carbonyl (C=O) groups excluding carboxylic acids is 1. The summed E-state index contributed by atoms with van der Waals surface area (Å²) in [7, 11) is 0. The van der Waals surface area contributed by atoms with Crippen LogP contribution in [0.15, 0.2) is 24.3 Å². The molecule has 0 bridgehead atoms. The Hall–Kier alpha value is -1.91. The van der Waals surface area contributed by atoms with Crippen LogP contribution in [0.2, 0.25) is 0 Å². The topological polar surface area (TPSA) is 69.4 Å². The lowest BCUT2D eigenvalue weighted by atomic mass is 10.1. The second-order valence-corrected chi connectivity index (χ2v) is 3.32. The van der Waals surface area contributed by atoms with Crippen LogP contribution in [0, 0.1) is 10.1 Å². The average Bonchev–Trinajstić information content (AvgIpc) is 2.25. The van der Waals surface area contributed by atoms with Crippen molar-refractivity contribution >= 4 is 11.7 Å². The Morgan fingerprint density at radius 3 is 2.62 bits per heavy atom. The first-order valence-corrected chi connectivity index (χ1v) is 4.96. The van der Waals surface area contributed by atoms with E-state index < -0.39 is 17.0 Å². The second-order valence-electron chi connectivity index (χ2n) is 3.32. The van der Waals surface area contributed by atoms with E-state index in [1.165, 1.54) is 13.0 Å². The lowest BCUT2D eigenvalue weighted by Crippen LogP contribution is -2.09. The summed E-state index contributed by atoms with van der Waals surface area (Å²) in [5.41, 5.74) is 0.417. The number of nitro benzene ring substituents is 1. The van der Waals surface area contributed by atoms with Crippen molar-refractivity contribution in [2.45, 2.75) is 26.4 Å². The molecule has 86 valence electrons. The molecule has 0 heterocycles. The Balaban J connectivity index is 3.08. The van der Waals surface area contributed by atoms with Crippen LogP contribution in [0.1, 0.15) is 31.9 Å². The number of rotatable bonds is 4. The molecule has 0 fully saturated rings. The van der Waals surface area contributed by atoms with E-state index in [1.807, 2.05) is 6.92 Å². The molecular formula is C11H13NO4. The van der Waals surface area contributed by atoms with Crippen molar-refractivity contribution in [2.24, 2.45) is 0 Å². The number of benzene rings is 1. The first-order valence-electron chi connectivity index (χ1n) is 4.96. The zero-order valence-electron chi connectivity index (χ0n) is 9.17. The third-order valence-corrected chi connectivity index (χ3v) is 2.16. The number of nitrogens with zero attached hydrogens (tertiary/aromatic N) is 1. The summed E-state index contributed by atoms with van der Waals surface area (Å²) in [6.45, 7) is 3.10. The molecule has 5 nitrogen and oxygen atoms in total. The Morgan fingerprint density at radius 1 is 1.50 bits per heavy atom. The van der Waals surface area contributed by atoms with Crippen molar-refractivity contribution in [3.05, 3.63) is 39.9 Å². The molecule has 1 aromatic rings. The van der Waals surface area contributed by atoms with Crippen LogP contribution in [-0.2, 0) is 9.53 Å². The van der Waals surface area contributed by atoms with Gasteiger partial charge in [0.1, 0.15) is 6.10 Å². The molecule has 1 atom stereocenters. The second kappa shape index (κ2) is 5.25. The highest BCUT2D eigenvalue weighted by atomic mass is 16.6. The van der Waals surface area contributed by atoms with Gasteiger partial charge in [0.05, 0.1) is 10.5 Å². The predicted octanol–water partition coefficient (Wildman–Crippen LogP) is 2.61. The maximum Gasteiger partial charge on any atom is 0.303 e. The van der Waals surface area contributed by atoms with E-state index in [1.54, 1.807) is 18.2 Å². The molecule has 1 unspecified atom stereocenters. The SMILES string of the molecule is CCC(OC(C)=O)c1ccccc1[N+](=O)[O-]. The molecule has 1 rings (SSSR count). The van der Waals surface area contributed by atoms with Crippen LogP contribution in [0.4, 0.5) is 5.69 Å². The van der Waals surface area contributed by atoms with Gasteiger partial charge < -0.3 is 4.74 Å². The van der Waals surface area contributed by atoms with E-state index >= 15 is 0 Å². The van der Waals surface area contributed by atoms with E-state index in [4.69, 9.17) is 4.74 Å². The molecule has 0 saturated carbocycles. The highest BCUT2D eigenvalue weighted by Crippen LogP contribution is 2.29. The molecule has 0 aliphatic heterocycles. The molecule has 1 aromatic carbocycles. The summed E-state index contributed by atoms with van der Waals surface area (Å²) >= 11 is 0. The van der Waals surface area contributed by atoms with Crippen LogP contribution in [0.3, 0.4) is 0 Å². The number of para-hydroxylation sites is 1. The molecule has 0 saturated heterocycles. The maximum absolute atomic E-state index is 10.9. The lowest BCUT2D eigenvalue weighted by molar-refractivity contribution is -0.386. The minimum Gasteiger partial charge on any atom is -0.457 e. The molecule has 0 N–H and O–H groups in total. The Labute approximate surface area is 93.2 Å². The molecule has 0 aromatic heterocycles. The normalized spacial score (nSPS) is 11.9. The van der Waals surface area contributed by atoms with E-state index in [9.17, 15) is 14.9 Å². The Bertz CT molecular complexity index is 403. The molecule has 0 amide bonds. The van der Waals surface area contributed by atoms with Gasteiger partial charge in [0.15, 0.2) is 0 Å². The standard InChI is InChI=1S/C11H13NO4/c1-3-11(16-8(2)13)9-6-4-5-7-10(9)12(14)15/h4-7,11H,3H2,1-2H3. The summed E-state index contributed by atoms with van der Waals surface area (Å²) in [5.74, 6) is -0.440. The molecule has 0 aliphatic rings. The van der Waals surface area contributed by atoms with Gasteiger partial charge in [-0.25, -0.2) is 0 Å². The van der Waals surface area contributed by atoms with Crippen molar-refractivity contribution in [3.8, 4) is 0 Å². The molecule has 0 spiro atoms. The van der Waals surface area contributed by atoms with Gasteiger partial charge in [-0.3, -0.25) is 14.9 Å². The van der Waals surface area contributed by atoms with Gasteiger partial charge >= 0.3 is 5.97 Å². The van der Waals surface area contributed by atoms with Crippen LogP contribution in [0.25, 0.3) is 0 Å². The molecule has 0 radical (unpaired) electrons. The number of ether oxygens (including phenoxy) is 1. The van der Waals surface area contributed by atoms with Gasteiger partial charge in [-0.1, -0.05) is 19.1 Å². The fourth-order valence-corrected chi connectivity index (χ4v) is 1.49. The Kier molecular flexibility index (Phi) is 3.99. The molecule has 5 heteroatoms. The fraction of sp³-hybridized carbons (Fsp3) is 0.364. The van der Waals surface area contributed by atoms with Crippen molar-refractivity contribution in [1.82, 2.24) is 0 Å². The zero-order chi connectivity index (χ0) is 12.1. The lowest BCUT2D eigenvalue weighted by Gasteiger charge is -2.15. The van der Waals surface area contributed by atoms with Gasteiger partial charge in [0, 0.05) is 13.0 Å². The van der Waals surface area contributed by atoms with Crippen LogP contribution < -0.4 is 0 Å². The third-order valence-electron chi connectivity index (χ3n) is 2.16. The number of carbonyl (C=O) groups is 1. The molecule has 16 heavy (non-hydrogen) atoms. The van der Waals surface area contributed by atoms with Crippen molar-refractivity contribution < 1.29 is 14.5 Å². The van der Waals surface area contributed by atoms with Gasteiger partial charge in [-0.05, 0) is 12.5 Å². The monoisotopic (exact) mass is 223 g/mol. The fourth-order valence-electron chi connectivity index (χ4n) is 1.49.